The number of hydrogen-bond donors (Lipinski definition) is 3. The molecule has 5 nitrogen and oxygen atoms in total. The van der Waals surface area contributed by atoms with Crippen LogP contribution in [0.4, 0.5) is 10.1 Å². The average molecular weight is 291 g/mol. The van der Waals surface area contributed by atoms with Crippen LogP contribution in [0.2, 0.25) is 0 Å². The Morgan fingerprint density at radius 2 is 1.86 bits per heavy atom. The highest BCUT2D eigenvalue weighted by Crippen LogP contribution is 2.31. The molecule has 1 unspecified atom stereocenters. The highest BCUT2D eigenvalue weighted by atomic mass is 19.1. The quantitative estimate of drug-likeness (QED) is 0.793. The molecule has 0 fully saturated rings. The van der Waals surface area contributed by atoms with Gasteiger partial charge in [0, 0.05) is 17.7 Å². The van der Waals surface area contributed by atoms with E-state index in [-0.39, 0.29) is 12.0 Å². The number of rotatable bonds is 4. The van der Waals surface area contributed by atoms with E-state index in [0.29, 0.717) is 11.3 Å². The first-order chi connectivity index (χ1) is 9.82. The van der Waals surface area contributed by atoms with Crippen LogP contribution in [0.3, 0.4) is 0 Å². The van der Waals surface area contributed by atoms with E-state index in [0.717, 1.165) is 0 Å². The minimum atomic E-state index is -1.57. The molecule has 110 valence electrons. The molecule has 3 N–H and O–H groups in total. The van der Waals surface area contributed by atoms with Crippen molar-refractivity contribution in [3.8, 4) is 0 Å². The number of carboxylic acid groups (broad SMARTS) is 2. The predicted octanol–water partition coefficient (Wildman–Crippen LogP) is 2.42. The number of halogens is 1. The molecule has 21 heavy (non-hydrogen) atoms. The summed E-state index contributed by atoms with van der Waals surface area (Å²) in [5.41, 5.74) is -0.623. The summed E-state index contributed by atoms with van der Waals surface area (Å²) in [4.78, 5) is 22.8. The third kappa shape index (κ3) is 3.10. The van der Waals surface area contributed by atoms with Crippen LogP contribution in [-0.4, -0.2) is 27.7 Å². The van der Waals surface area contributed by atoms with Crippen LogP contribution in [-0.2, 0) is 9.59 Å². The van der Waals surface area contributed by atoms with E-state index >= 15 is 0 Å². The zero-order valence-electron chi connectivity index (χ0n) is 11.3. The molecule has 1 atom stereocenters. The Bertz CT molecular complexity index is 648. The first-order valence-corrected chi connectivity index (χ1v) is 6.23. The van der Waals surface area contributed by atoms with E-state index in [1.54, 1.807) is 6.92 Å². The minimum Gasteiger partial charge on any atom is -0.479 e. The molecule has 0 radical (unpaired) electrons. The average Bonchev–Trinajstić information content (AvgIpc) is 2.40. The largest absolute Gasteiger partial charge is 0.479 e. The molecule has 0 heterocycles. The number of allylic oxidation sites excluding steroid dienone is 2. The fourth-order valence-corrected chi connectivity index (χ4v) is 2.31. The Morgan fingerprint density at radius 1 is 1.24 bits per heavy atom. The summed E-state index contributed by atoms with van der Waals surface area (Å²) in [6, 6.07) is 5.21. The summed E-state index contributed by atoms with van der Waals surface area (Å²) in [6.07, 6.45) is 2.70. The standard InChI is InChI=1S/C15H14FNO4/c1-9-6-10(13(18)19)8-15(7-9,14(20)21)17-12-4-2-11(16)3-5-12/h2-7,17H,8H2,1H3,(H,18,19)(H,20,21). The zero-order chi connectivity index (χ0) is 15.6. The van der Waals surface area contributed by atoms with Gasteiger partial charge in [0.05, 0.1) is 0 Å². The monoisotopic (exact) mass is 291 g/mol. The molecular weight excluding hydrogens is 277 g/mol. The number of benzene rings is 1. The maximum absolute atomic E-state index is 12.9. The predicted molar refractivity (Wildman–Crippen MR) is 74.5 cm³/mol. The van der Waals surface area contributed by atoms with E-state index in [9.17, 15) is 19.1 Å². The van der Waals surface area contributed by atoms with Gasteiger partial charge in [-0.2, -0.15) is 0 Å². The molecule has 1 aliphatic rings. The summed E-state index contributed by atoms with van der Waals surface area (Å²) in [7, 11) is 0. The van der Waals surface area contributed by atoms with E-state index in [4.69, 9.17) is 5.11 Å². The van der Waals surface area contributed by atoms with Gasteiger partial charge in [-0.15, -0.1) is 0 Å². The van der Waals surface area contributed by atoms with Crippen LogP contribution in [0, 0.1) is 5.82 Å². The number of carbonyl (C=O) groups is 2. The van der Waals surface area contributed by atoms with Gasteiger partial charge >= 0.3 is 11.9 Å². The van der Waals surface area contributed by atoms with Crippen molar-refractivity contribution in [3.05, 3.63) is 53.4 Å². The van der Waals surface area contributed by atoms with Gasteiger partial charge in [0.2, 0.25) is 0 Å². The number of aliphatic carboxylic acids is 2. The smallest absolute Gasteiger partial charge is 0.333 e. The van der Waals surface area contributed by atoms with Gasteiger partial charge < -0.3 is 15.5 Å². The van der Waals surface area contributed by atoms with Crippen LogP contribution in [0.1, 0.15) is 13.3 Å². The van der Waals surface area contributed by atoms with E-state index in [1.807, 2.05) is 0 Å². The molecule has 0 saturated heterocycles. The molecule has 1 aromatic rings. The molecule has 0 amide bonds. The molecule has 1 aromatic carbocycles. The fraction of sp³-hybridized carbons (Fsp3) is 0.200. The van der Waals surface area contributed by atoms with Gasteiger partial charge in [0.1, 0.15) is 5.82 Å². The van der Waals surface area contributed by atoms with Crippen molar-refractivity contribution in [2.75, 3.05) is 5.32 Å². The van der Waals surface area contributed by atoms with Crippen molar-refractivity contribution in [1.82, 2.24) is 0 Å². The van der Waals surface area contributed by atoms with Gasteiger partial charge in [0.25, 0.3) is 0 Å². The first kappa shape index (κ1) is 14.8. The van der Waals surface area contributed by atoms with Gasteiger partial charge in [0.15, 0.2) is 5.54 Å². The van der Waals surface area contributed by atoms with Gasteiger partial charge in [-0.3, -0.25) is 0 Å². The lowest BCUT2D eigenvalue weighted by molar-refractivity contribution is -0.140. The molecule has 6 heteroatoms. The van der Waals surface area contributed by atoms with E-state index in [2.05, 4.69) is 5.32 Å². The normalized spacial score (nSPS) is 21.2. The number of hydrogen-bond acceptors (Lipinski definition) is 3. The van der Waals surface area contributed by atoms with Crippen LogP contribution in [0.15, 0.2) is 47.6 Å². The third-order valence-electron chi connectivity index (χ3n) is 3.21. The highest BCUT2D eigenvalue weighted by Gasteiger charge is 2.40. The van der Waals surface area contributed by atoms with Crippen molar-refractivity contribution >= 4 is 17.6 Å². The Hall–Kier alpha value is -2.63. The van der Waals surface area contributed by atoms with Gasteiger partial charge in [-0.05, 0) is 43.3 Å². The second kappa shape index (κ2) is 5.40. The lowest BCUT2D eigenvalue weighted by Gasteiger charge is -2.32. The van der Waals surface area contributed by atoms with Crippen LogP contribution < -0.4 is 5.32 Å². The van der Waals surface area contributed by atoms with Crippen molar-refractivity contribution < 1.29 is 24.2 Å². The third-order valence-corrected chi connectivity index (χ3v) is 3.21. The Morgan fingerprint density at radius 3 is 2.38 bits per heavy atom. The molecular formula is C15H14FNO4. The van der Waals surface area contributed by atoms with Crippen LogP contribution >= 0.6 is 0 Å². The van der Waals surface area contributed by atoms with Crippen molar-refractivity contribution in [2.24, 2.45) is 0 Å². The van der Waals surface area contributed by atoms with Gasteiger partial charge in [-0.25, -0.2) is 14.0 Å². The maximum Gasteiger partial charge on any atom is 0.333 e. The molecule has 0 aliphatic heterocycles. The maximum atomic E-state index is 12.9. The molecule has 0 saturated carbocycles. The number of nitrogens with one attached hydrogen (secondary N) is 1. The van der Waals surface area contributed by atoms with Crippen molar-refractivity contribution in [3.63, 3.8) is 0 Å². The zero-order valence-corrected chi connectivity index (χ0v) is 11.3. The fourth-order valence-electron chi connectivity index (χ4n) is 2.31. The molecule has 0 aromatic heterocycles. The minimum absolute atomic E-state index is 0.00649. The first-order valence-electron chi connectivity index (χ1n) is 6.23. The van der Waals surface area contributed by atoms with Crippen LogP contribution in [0.5, 0.6) is 0 Å². The molecule has 0 bridgehead atoms. The summed E-state index contributed by atoms with van der Waals surface area (Å²) in [6.45, 7) is 1.63. The Kier molecular flexibility index (Phi) is 3.80. The Balaban J connectivity index is 2.39. The summed E-state index contributed by atoms with van der Waals surface area (Å²) < 4.78 is 12.9. The van der Waals surface area contributed by atoms with Gasteiger partial charge in [-0.1, -0.05) is 5.57 Å². The highest BCUT2D eigenvalue weighted by molar-refractivity contribution is 5.94. The topological polar surface area (TPSA) is 86.6 Å². The van der Waals surface area contributed by atoms with Crippen molar-refractivity contribution in [1.29, 1.82) is 0 Å². The summed E-state index contributed by atoms with van der Waals surface area (Å²) in [5.74, 6) is -2.79. The lowest BCUT2D eigenvalue weighted by atomic mass is 9.83. The molecule has 1 aliphatic carbocycles. The molecule has 2 rings (SSSR count). The Labute approximate surface area is 120 Å². The van der Waals surface area contributed by atoms with E-state index < -0.39 is 23.3 Å². The second-order valence-electron chi connectivity index (χ2n) is 4.95. The van der Waals surface area contributed by atoms with E-state index in [1.165, 1.54) is 36.4 Å². The lowest BCUT2D eigenvalue weighted by Crippen LogP contribution is -2.47. The second-order valence-corrected chi connectivity index (χ2v) is 4.95. The number of carboxylic acids is 2. The molecule has 0 spiro atoms. The summed E-state index contributed by atoms with van der Waals surface area (Å²) >= 11 is 0. The van der Waals surface area contributed by atoms with Crippen molar-refractivity contribution in [2.45, 2.75) is 18.9 Å². The SMILES string of the molecule is CC1=CC(Nc2ccc(F)cc2)(C(=O)O)CC(C(=O)O)=C1. The number of anilines is 1. The summed E-state index contributed by atoms with van der Waals surface area (Å²) in [5, 5.41) is 21.4. The van der Waals surface area contributed by atoms with Crippen LogP contribution in [0.25, 0.3) is 0 Å².